The van der Waals surface area contributed by atoms with Crippen LogP contribution in [0.5, 0.6) is 0 Å². The van der Waals surface area contributed by atoms with Crippen molar-refractivity contribution in [2.75, 3.05) is 12.5 Å². The van der Waals surface area contributed by atoms with Crippen molar-refractivity contribution in [3.63, 3.8) is 0 Å². The summed E-state index contributed by atoms with van der Waals surface area (Å²) in [7, 11) is 0. The third-order valence-corrected chi connectivity index (χ3v) is 3.06. The van der Waals surface area contributed by atoms with Crippen molar-refractivity contribution in [2.24, 2.45) is 11.3 Å². The molecule has 0 heterocycles. The van der Waals surface area contributed by atoms with Gasteiger partial charge < -0.3 is 4.74 Å². The van der Waals surface area contributed by atoms with Gasteiger partial charge in [-0.2, -0.15) is 0 Å². The number of hydrogen-bond acceptors (Lipinski definition) is 1. The topological polar surface area (TPSA) is 9.23 Å². The fourth-order valence-electron chi connectivity index (χ4n) is 0.717. The number of alkyl halides is 1. The maximum absolute atomic E-state index is 5.91. The lowest BCUT2D eigenvalue weighted by atomic mass is 9.82. The Morgan fingerprint density at radius 2 is 1.75 bits per heavy atom. The highest BCUT2D eigenvalue weighted by Gasteiger charge is 2.27. The van der Waals surface area contributed by atoms with E-state index in [9.17, 15) is 0 Å². The van der Waals surface area contributed by atoms with Crippen molar-refractivity contribution in [1.82, 2.24) is 0 Å². The van der Waals surface area contributed by atoms with Crippen LogP contribution in [0.3, 0.4) is 0 Å². The Balaban J connectivity index is 3.97. The van der Waals surface area contributed by atoms with Crippen molar-refractivity contribution in [2.45, 2.75) is 40.7 Å². The van der Waals surface area contributed by atoms with E-state index in [0.29, 0.717) is 17.9 Å². The van der Waals surface area contributed by atoms with E-state index < -0.39 is 0 Å². The minimum atomic E-state index is 0.117. The first kappa shape index (κ1) is 12.2. The van der Waals surface area contributed by atoms with Crippen molar-refractivity contribution >= 4 is 11.6 Å². The summed E-state index contributed by atoms with van der Waals surface area (Å²) in [6, 6.07) is 0. The molecule has 0 rings (SSSR count). The Hall–Kier alpha value is 0.250. The van der Waals surface area contributed by atoms with Crippen LogP contribution in [0.4, 0.5) is 0 Å². The van der Waals surface area contributed by atoms with Crippen LogP contribution >= 0.6 is 11.6 Å². The second-order valence-electron chi connectivity index (χ2n) is 4.30. The van der Waals surface area contributed by atoms with Crippen LogP contribution in [0, 0.1) is 11.3 Å². The van der Waals surface area contributed by atoms with Gasteiger partial charge in [0.1, 0.15) is 0 Å². The fraction of sp³-hybridized carbons (Fsp3) is 1.00. The molecule has 0 saturated carbocycles. The molecule has 1 unspecified atom stereocenters. The molecule has 0 fully saturated rings. The maximum atomic E-state index is 5.91. The molecular formula is C10H21ClO. The van der Waals surface area contributed by atoms with E-state index >= 15 is 0 Å². The second kappa shape index (κ2) is 5.08. The van der Waals surface area contributed by atoms with Gasteiger partial charge in [-0.05, 0) is 19.8 Å². The van der Waals surface area contributed by atoms with Gasteiger partial charge in [-0.3, -0.25) is 0 Å². The van der Waals surface area contributed by atoms with E-state index in [-0.39, 0.29) is 5.41 Å². The zero-order chi connectivity index (χ0) is 9.78. The number of halogens is 1. The SMILES string of the molecule is CC(C)OCC(C)(CCl)C(C)C. The van der Waals surface area contributed by atoms with Crippen molar-refractivity contribution < 1.29 is 4.74 Å². The fourth-order valence-corrected chi connectivity index (χ4v) is 1.10. The minimum absolute atomic E-state index is 0.117. The average molecular weight is 193 g/mol. The monoisotopic (exact) mass is 192 g/mol. The summed E-state index contributed by atoms with van der Waals surface area (Å²) < 4.78 is 5.57. The number of rotatable bonds is 5. The highest BCUT2D eigenvalue weighted by molar-refractivity contribution is 6.18. The van der Waals surface area contributed by atoms with E-state index in [0.717, 1.165) is 6.61 Å². The molecule has 0 spiro atoms. The van der Waals surface area contributed by atoms with Gasteiger partial charge in [-0.1, -0.05) is 20.8 Å². The Labute approximate surface area is 81.4 Å². The van der Waals surface area contributed by atoms with Crippen molar-refractivity contribution in [3.8, 4) is 0 Å². The van der Waals surface area contributed by atoms with Gasteiger partial charge in [0.05, 0.1) is 12.7 Å². The van der Waals surface area contributed by atoms with E-state index in [2.05, 4.69) is 34.6 Å². The Morgan fingerprint density at radius 3 is 2.00 bits per heavy atom. The van der Waals surface area contributed by atoms with Crippen LogP contribution in [0.1, 0.15) is 34.6 Å². The average Bonchev–Trinajstić information content (AvgIpc) is 1.99. The van der Waals surface area contributed by atoms with Gasteiger partial charge in [0.15, 0.2) is 0 Å². The van der Waals surface area contributed by atoms with Crippen LogP contribution in [0.2, 0.25) is 0 Å². The first-order valence-corrected chi connectivity index (χ1v) is 5.13. The van der Waals surface area contributed by atoms with Gasteiger partial charge in [-0.25, -0.2) is 0 Å². The van der Waals surface area contributed by atoms with E-state index in [1.165, 1.54) is 0 Å². The molecule has 0 aromatic rings. The smallest absolute Gasteiger partial charge is 0.0537 e. The molecule has 0 N–H and O–H groups in total. The summed E-state index contributed by atoms with van der Waals surface area (Å²) in [4.78, 5) is 0. The van der Waals surface area contributed by atoms with Gasteiger partial charge in [0, 0.05) is 11.3 Å². The zero-order valence-corrected chi connectivity index (χ0v) is 9.61. The lowest BCUT2D eigenvalue weighted by molar-refractivity contribution is 0.00440. The number of ether oxygens (including phenoxy) is 1. The number of hydrogen-bond donors (Lipinski definition) is 0. The quantitative estimate of drug-likeness (QED) is 0.608. The van der Waals surface area contributed by atoms with Gasteiger partial charge in [-0.15, -0.1) is 11.6 Å². The minimum Gasteiger partial charge on any atom is -0.378 e. The van der Waals surface area contributed by atoms with Crippen LogP contribution in [-0.4, -0.2) is 18.6 Å². The van der Waals surface area contributed by atoms with E-state index in [1.807, 2.05) is 0 Å². The molecular weight excluding hydrogens is 172 g/mol. The third-order valence-electron chi connectivity index (χ3n) is 2.45. The highest BCUT2D eigenvalue weighted by atomic mass is 35.5. The Kier molecular flexibility index (Phi) is 5.19. The predicted octanol–water partition coefficient (Wildman–Crippen LogP) is 3.31. The molecule has 0 aliphatic carbocycles. The molecule has 0 aliphatic heterocycles. The van der Waals surface area contributed by atoms with E-state index in [1.54, 1.807) is 0 Å². The summed E-state index contributed by atoms with van der Waals surface area (Å²) in [6.45, 7) is 11.4. The maximum Gasteiger partial charge on any atom is 0.0537 e. The van der Waals surface area contributed by atoms with Gasteiger partial charge in [0.25, 0.3) is 0 Å². The normalized spacial score (nSPS) is 17.0. The second-order valence-corrected chi connectivity index (χ2v) is 4.57. The van der Waals surface area contributed by atoms with Crippen LogP contribution in [0.15, 0.2) is 0 Å². The molecule has 0 radical (unpaired) electrons. The Bertz CT molecular complexity index is 123. The summed E-state index contributed by atoms with van der Waals surface area (Å²) in [6.07, 6.45) is 0.297. The molecule has 0 bridgehead atoms. The Morgan fingerprint density at radius 1 is 1.25 bits per heavy atom. The van der Waals surface area contributed by atoms with Crippen LogP contribution < -0.4 is 0 Å². The highest BCUT2D eigenvalue weighted by Crippen LogP contribution is 2.29. The molecule has 0 saturated heterocycles. The summed E-state index contributed by atoms with van der Waals surface area (Å²) >= 11 is 5.91. The zero-order valence-electron chi connectivity index (χ0n) is 8.86. The molecule has 12 heavy (non-hydrogen) atoms. The molecule has 1 atom stereocenters. The molecule has 0 aromatic carbocycles. The largest absolute Gasteiger partial charge is 0.378 e. The molecule has 0 aliphatic rings. The standard InChI is InChI=1S/C10H21ClO/c1-8(2)10(5,6-11)7-12-9(3)4/h8-9H,6-7H2,1-5H3. The van der Waals surface area contributed by atoms with E-state index in [4.69, 9.17) is 16.3 Å². The lowest BCUT2D eigenvalue weighted by Crippen LogP contribution is -2.32. The van der Waals surface area contributed by atoms with Crippen LogP contribution in [0.25, 0.3) is 0 Å². The van der Waals surface area contributed by atoms with Gasteiger partial charge in [0.2, 0.25) is 0 Å². The summed E-state index contributed by atoms with van der Waals surface area (Å²) in [5, 5.41) is 0. The van der Waals surface area contributed by atoms with Crippen LogP contribution in [-0.2, 0) is 4.74 Å². The molecule has 74 valence electrons. The third kappa shape index (κ3) is 3.77. The summed E-state index contributed by atoms with van der Waals surface area (Å²) in [5.74, 6) is 1.23. The first-order chi connectivity index (χ1) is 5.42. The molecule has 0 aromatic heterocycles. The lowest BCUT2D eigenvalue weighted by Gasteiger charge is -2.32. The van der Waals surface area contributed by atoms with Crippen molar-refractivity contribution in [1.29, 1.82) is 0 Å². The van der Waals surface area contributed by atoms with Gasteiger partial charge >= 0.3 is 0 Å². The molecule has 1 nitrogen and oxygen atoms in total. The predicted molar refractivity (Wildman–Crippen MR) is 54.8 cm³/mol. The van der Waals surface area contributed by atoms with Crippen molar-refractivity contribution in [3.05, 3.63) is 0 Å². The first-order valence-electron chi connectivity index (χ1n) is 4.60. The molecule has 2 heteroatoms. The molecule has 0 amide bonds. The summed E-state index contributed by atoms with van der Waals surface area (Å²) in [5.41, 5.74) is 0.117.